The lowest BCUT2D eigenvalue weighted by atomic mass is 9.98. The van der Waals surface area contributed by atoms with Gasteiger partial charge in [0.05, 0.1) is 12.0 Å². The van der Waals surface area contributed by atoms with E-state index in [1.165, 1.54) is 19.2 Å². The zero-order valence-electron chi connectivity index (χ0n) is 7.58. The molecular formula is C10H8FNO2. The first kappa shape index (κ1) is 8.87. The molecule has 14 heavy (non-hydrogen) atoms. The number of imide groups is 1. The molecule has 0 spiro atoms. The van der Waals surface area contributed by atoms with E-state index < -0.39 is 11.7 Å². The Balaban J connectivity index is 2.62. The summed E-state index contributed by atoms with van der Waals surface area (Å²) < 4.78 is 13.3. The Hall–Kier alpha value is -1.71. The molecule has 0 unspecified atom stereocenters. The second-order valence-corrected chi connectivity index (χ2v) is 3.21. The van der Waals surface area contributed by atoms with Crippen LogP contribution in [-0.4, -0.2) is 23.8 Å². The van der Waals surface area contributed by atoms with Crippen molar-refractivity contribution in [1.29, 1.82) is 0 Å². The fourth-order valence-electron chi connectivity index (χ4n) is 1.52. The monoisotopic (exact) mass is 193 g/mol. The van der Waals surface area contributed by atoms with E-state index in [2.05, 4.69) is 0 Å². The summed E-state index contributed by atoms with van der Waals surface area (Å²) in [6, 6.07) is 4.32. The van der Waals surface area contributed by atoms with E-state index in [0.717, 1.165) is 4.90 Å². The molecule has 0 bridgehead atoms. The van der Waals surface area contributed by atoms with E-state index in [1.807, 2.05) is 0 Å². The third-order valence-electron chi connectivity index (χ3n) is 2.33. The summed E-state index contributed by atoms with van der Waals surface area (Å²) in [5, 5.41) is 0. The molecule has 4 heteroatoms. The van der Waals surface area contributed by atoms with Crippen LogP contribution in [0.5, 0.6) is 0 Å². The minimum absolute atomic E-state index is 0.0228. The van der Waals surface area contributed by atoms with Crippen LogP contribution in [0.15, 0.2) is 18.2 Å². The van der Waals surface area contributed by atoms with Gasteiger partial charge in [0, 0.05) is 7.05 Å². The fourth-order valence-corrected chi connectivity index (χ4v) is 1.52. The van der Waals surface area contributed by atoms with Crippen molar-refractivity contribution in [3.05, 3.63) is 35.1 Å². The number of rotatable bonds is 0. The van der Waals surface area contributed by atoms with Gasteiger partial charge in [-0.1, -0.05) is 12.1 Å². The van der Waals surface area contributed by atoms with Gasteiger partial charge >= 0.3 is 0 Å². The Morgan fingerprint density at radius 2 is 2.07 bits per heavy atom. The van der Waals surface area contributed by atoms with Crippen LogP contribution in [0.4, 0.5) is 4.39 Å². The maximum atomic E-state index is 13.3. The number of hydrogen-bond donors (Lipinski definition) is 0. The molecule has 0 fully saturated rings. The van der Waals surface area contributed by atoms with Gasteiger partial charge in [-0.2, -0.15) is 0 Å². The predicted molar refractivity (Wildman–Crippen MR) is 47.2 cm³/mol. The number of hydrogen-bond acceptors (Lipinski definition) is 2. The van der Waals surface area contributed by atoms with Crippen molar-refractivity contribution in [1.82, 2.24) is 4.90 Å². The Bertz CT molecular complexity index is 428. The highest BCUT2D eigenvalue weighted by atomic mass is 19.1. The molecule has 0 radical (unpaired) electrons. The van der Waals surface area contributed by atoms with Crippen molar-refractivity contribution in [2.75, 3.05) is 7.05 Å². The second-order valence-electron chi connectivity index (χ2n) is 3.21. The number of benzene rings is 1. The average molecular weight is 193 g/mol. The number of fused-ring (bicyclic) bond motifs is 1. The average Bonchev–Trinajstić information content (AvgIpc) is 2.14. The molecule has 1 aromatic carbocycles. The highest BCUT2D eigenvalue weighted by molar-refractivity contribution is 6.09. The van der Waals surface area contributed by atoms with Gasteiger partial charge in [0.2, 0.25) is 5.91 Å². The van der Waals surface area contributed by atoms with Crippen LogP contribution >= 0.6 is 0 Å². The maximum absolute atomic E-state index is 13.3. The van der Waals surface area contributed by atoms with Gasteiger partial charge in [0.25, 0.3) is 5.91 Å². The highest BCUT2D eigenvalue weighted by Crippen LogP contribution is 2.21. The summed E-state index contributed by atoms with van der Waals surface area (Å²) in [4.78, 5) is 23.7. The molecular weight excluding hydrogens is 185 g/mol. The zero-order chi connectivity index (χ0) is 10.3. The largest absolute Gasteiger partial charge is 0.281 e. The van der Waals surface area contributed by atoms with Crippen LogP contribution in [0.25, 0.3) is 0 Å². The summed E-state index contributed by atoms with van der Waals surface area (Å²) in [7, 11) is 1.36. The van der Waals surface area contributed by atoms with Crippen molar-refractivity contribution in [3.63, 3.8) is 0 Å². The molecule has 0 aromatic heterocycles. The predicted octanol–water partition coefficient (Wildman–Crippen LogP) is 0.980. The van der Waals surface area contributed by atoms with Gasteiger partial charge in [0.1, 0.15) is 5.82 Å². The Morgan fingerprint density at radius 3 is 2.79 bits per heavy atom. The first-order valence-corrected chi connectivity index (χ1v) is 4.19. The number of carbonyl (C=O) groups excluding carboxylic acids is 2. The highest BCUT2D eigenvalue weighted by Gasteiger charge is 2.30. The van der Waals surface area contributed by atoms with Gasteiger partial charge < -0.3 is 0 Å². The second kappa shape index (κ2) is 2.90. The molecule has 1 aromatic rings. The van der Waals surface area contributed by atoms with Crippen molar-refractivity contribution in [2.24, 2.45) is 0 Å². The van der Waals surface area contributed by atoms with Crippen molar-refractivity contribution < 1.29 is 14.0 Å². The fraction of sp³-hybridized carbons (Fsp3) is 0.200. The third kappa shape index (κ3) is 1.11. The van der Waals surface area contributed by atoms with E-state index in [9.17, 15) is 14.0 Å². The normalized spacial score (nSPS) is 15.7. The van der Waals surface area contributed by atoms with Crippen molar-refractivity contribution in [2.45, 2.75) is 6.42 Å². The van der Waals surface area contributed by atoms with Gasteiger partial charge in [-0.15, -0.1) is 0 Å². The smallest absolute Gasteiger partial charge is 0.263 e. The molecule has 0 saturated heterocycles. The van der Waals surface area contributed by atoms with Gasteiger partial charge in [-0.05, 0) is 11.6 Å². The van der Waals surface area contributed by atoms with Gasteiger partial charge in [0.15, 0.2) is 0 Å². The van der Waals surface area contributed by atoms with Crippen molar-refractivity contribution in [3.8, 4) is 0 Å². The molecule has 2 amide bonds. The standard InChI is InChI=1S/C10H8FNO2/c1-12-8(13)5-6-3-2-4-7(11)9(6)10(12)14/h2-4H,5H2,1H3. The SMILES string of the molecule is CN1C(=O)Cc2cccc(F)c2C1=O. The Kier molecular flexibility index (Phi) is 1.84. The lowest BCUT2D eigenvalue weighted by Crippen LogP contribution is -2.39. The number of carbonyl (C=O) groups is 2. The van der Waals surface area contributed by atoms with Crippen LogP contribution in [0, 0.1) is 5.82 Å². The van der Waals surface area contributed by atoms with Crippen LogP contribution in [0.3, 0.4) is 0 Å². The lowest BCUT2D eigenvalue weighted by molar-refractivity contribution is -0.127. The molecule has 0 saturated carbocycles. The first-order valence-electron chi connectivity index (χ1n) is 4.19. The number of amides is 2. The molecule has 3 nitrogen and oxygen atoms in total. The lowest BCUT2D eigenvalue weighted by Gasteiger charge is -2.23. The summed E-state index contributed by atoms with van der Waals surface area (Å²) >= 11 is 0. The van der Waals surface area contributed by atoms with E-state index in [0.29, 0.717) is 5.56 Å². The van der Waals surface area contributed by atoms with Gasteiger partial charge in [-0.3, -0.25) is 14.5 Å². The van der Waals surface area contributed by atoms with Crippen LogP contribution in [0.2, 0.25) is 0 Å². The zero-order valence-corrected chi connectivity index (χ0v) is 7.58. The van der Waals surface area contributed by atoms with Gasteiger partial charge in [-0.25, -0.2) is 4.39 Å². The summed E-state index contributed by atoms with van der Waals surface area (Å²) in [6.07, 6.45) is 0.0926. The van der Waals surface area contributed by atoms with E-state index in [-0.39, 0.29) is 17.9 Å². The van der Waals surface area contributed by atoms with Crippen molar-refractivity contribution >= 4 is 11.8 Å². The van der Waals surface area contributed by atoms with Crippen LogP contribution in [-0.2, 0) is 11.2 Å². The first-order chi connectivity index (χ1) is 6.61. The number of halogens is 1. The van der Waals surface area contributed by atoms with E-state index in [1.54, 1.807) is 6.07 Å². The summed E-state index contributed by atoms with van der Waals surface area (Å²) in [6.45, 7) is 0. The molecule has 1 aliphatic heterocycles. The van der Waals surface area contributed by atoms with E-state index in [4.69, 9.17) is 0 Å². The summed E-state index contributed by atoms with van der Waals surface area (Å²) in [5.41, 5.74) is 0.493. The quantitative estimate of drug-likeness (QED) is 0.576. The Labute approximate surface area is 80.1 Å². The maximum Gasteiger partial charge on any atom is 0.263 e. The minimum Gasteiger partial charge on any atom is -0.281 e. The Morgan fingerprint density at radius 1 is 1.36 bits per heavy atom. The summed E-state index contributed by atoms with van der Waals surface area (Å²) in [5.74, 6) is -1.42. The number of nitrogens with zero attached hydrogens (tertiary/aromatic N) is 1. The molecule has 1 heterocycles. The number of likely N-dealkylation sites (N-methyl/N-ethyl adjacent to an activating group) is 1. The molecule has 1 aliphatic rings. The molecule has 2 rings (SSSR count). The minimum atomic E-state index is -0.563. The third-order valence-corrected chi connectivity index (χ3v) is 2.33. The topological polar surface area (TPSA) is 37.4 Å². The van der Waals surface area contributed by atoms with Crippen LogP contribution < -0.4 is 0 Å². The molecule has 72 valence electrons. The molecule has 0 N–H and O–H groups in total. The molecule has 0 aliphatic carbocycles. The van der Waals surface area contributed by atoms with Crippen LogP contribution in [0.1, 0.15) is 15.9 Å². The van der Waals surface area contributed by atoms with E-state index >= 15 is 0 Å². The molecule has 0 atom stereocenters.